The standard InChI is InChI=1S/C19H42OSi/c1-6-9-11-12-13-14-15-16-17-19(8-3)20-21(4,5)18-10-7-2/h19H,6-18H2,1-5H3. The summed E-state index contributed by atoms with van der Waals surface area (Å²) in [7, 11) is -1.40. The second-order valence-electron chi connectivity index (χ2n) is 7.27. The molecule has 0 bridgehead atoms. The van der Waals surface area contributed by atoms with E-state index in [9.17, 15) is 0 Å². The Morgan fingerprint density at radius 3 is 1.76 bits per heavy atom. The van der Waals surface area contributed by atoms with Gasteiger partial charge < -0.3 is 4.43 Å². The summed E-state index contributed by atoms with van der Waals surface area (Å²) >= 11 is 0. The van der Waals surface area contributed by atoms with Crippen molar-refractivity contribution in [2.75, 3.05) is 0 Å². The molecule has 0 amide bonds. The molecule has 0 aliphatic heterocycles. The quantitative estimate of drug-likeness (QED) is 0.227. The van der Waals surface area contributed by atoms with Crippen molar-refractivity contribution in [3.63, 3.8) is 0 Å². The van der Waals surface area contributed by atoms with Crippen molar-refractivity contribution in [2.45, 2.75) is 123 Å². The first kappa shape index (κ1) is 21.2. The van der Waals surface area contributed by atoms with Gasteiger partial charge in [-0.15, -0.1) is 0 Å². The summed E-state index contributed by atoms with van der Waals surface area (Å²) in [4.78, 5) is 0. The van der Waals surface area contributed by atoms with E-state index in [1.54, 1.807) is 0 Å². The van der Waals surface area contributed by atoms with Crippen molar-refractivity contribution >= 4 is 8.32 Å². The molecule has 0 aliphatic carbocycles. The van der Waals surface area contributed by atoms with E-state index in [-0.39, 0.29) is 0 Å². The van der Waals surface area contributed by atoms with Crippen LogP contribution in [0, 0.1) is 0 Å². The first-order valence-electron chi connectivity index (χ1n) is 9.73. The molecule has 0 fully saturated rings. The van der Waals surface area contributed by atoms with Gasteiger partial charge >= 0.3 is 0 Å². The van der Waals surface area contributed by atoms with Crippen molar-refractivity contribution in [2.24, 2.45) is 0 Å². The zero-order chi connectivity index (χ0) is 16.0. The maximum absolute atomic E-state index is 6.49. The average molecular weight is 315 g/mol. The van der Waals surface area contributed by atoms with Crippen molar-refractivity contribution in [3.8, 4) is 0 Å². The number of rotatable bonds is 15. The van der Waals surface area contributed by atoms with Gasteiger partial charge in [0, 0.05) is 6.10 Å². The van der Waals surface area contributed by atoms with Crippen LogP contribution >= 0.6 is 0 Å². The molecule has 0 N–H and O–H groups in total. The summed E-state index contributed by atoms with van der Waals surface area (Å²) < 4.78 is 6.49. The molecule has 0 spiro atoms. The molecule has 2 heteroatoms. The van der Waals surface area contributed by atoms with Crippen molar-refractivity contribution in [3.05, 3.63) is 0 Å². The highest BCUT2D eigenvalue weighted by Crippen LogP contribution is 2.21. The maximum atomic E-state index is 6.49. The summed E-state index contributed by atoms with van der Waals surface area (Å²) in [5.74, 6) is 0. The van der Waals surface area contributed by atoms with Crippen LogP contribution in [-0.4, -0.2) is 14.4 Å². The van der Waals surface area contributed by atoms with Crippen LogP contribution in [0.4, 0.5) is 0 Å². The Morgan fingerprint density at radius 2 is 1.24 bits per heavy atom. The van der Waals surface area contributed by atoms with E-state index in [4.69, 9.17) is 4.43 Å². The van der Waals surface area contributed by atoms with Gasteiger partial charge in [-0.1, -0.05) is 85.0 Å². The molecule has 0 saturated heterocycles. The van der Waals surface area contributed by atoms with E-state index in [0.717, 1.165) is 0 Å². The highest BCUT2D eigenvalue weighted by molar-refractivity contribution is 6.71. The molecule has 1 nitrogen and oxygen atoms in total. The highest BCUT2D eigenvalue weighted by Gasteiger charge is 2.25. The van der Waals surface area contributed by atoms with Crippen LogP contribution in [0.2, 0.25) is 19.1 Å². The monoisotopic (exact) mass is 314 g/mol. The minimum absolute atomic E-state index is 0.531. The fourth-order valence-electron chi connectivity index (χ4n) is 2.96. The first-order chi connectivity index (χ1) is 10.1. The fourth-order valence-corrected chi connectivity index (χ4v) is 5.47. The summed E-state index contributed by atoms with van der Waals surface area (Å²) in [6, 6.07) is 1.33. The lowest BCUT2D eigenvalue weighted by molar-refractivity contribution is 0.172. The van der Waals surface area contributed by atoms with Gasteiger partial charge in [-0.05, 0) is 32.0 Å². The molecule has 0 heterocycles. The van der Waals surface area contributed by atoms with Gasteiger partial charge in [-0.25, -0.2) is 0 Å². The number of hydrogen-bond acceptors (Lipinski definition) is 1. The molecular weight excluding hydrogens is 272 g/mol. The van der Waals surface area contributed by atoms with Gasteiger partial charge in [0.25, 0.3) is 0 Å². The minimum Gasteiger partial charge on any atom is -0.414 e. The predicted molar refractivity (Wildman–Crippen MR) is 99.6 cm³/mol. The average Bonchev–Trinajstić information content (AvgIpc) is 2.46. The first-order valence-corrected chi connectivity index (χ1v) is 12.8. The maximum Gasteiger partial charge on any atom is 0.187 e. The Kier molecular flexibility index (Phi) is 13.9. The topological polar surface area (TPSA) is 9.23 Å². The van der Waals surface area contributed by atoms with Gasteiger partial charge in [0.05, 0.1) is 0 Å². The van der Waals surface area contributed by atoms with Crippen molar-refractivity contribution < 1.29 is 4.43 Å². The van der Waals surface area contributed by atoms with Crippen molar-refractivity contribution in [1.82, 2.24) is 0 Å². The molecule has 0 aromatic carbocycles. The Balaban J connectivity index is 3.65. The van der Waals surface area contributed by atoms with Crippen LogP contribution in [0.3, 0.4) is 0 Å². The molecule has 1 unspecified atom stereocenters. The van der Waals surface area contributed by atoms with Crippen LogP contribution in [0.1, 0.15) is 97.8 Å². The third-order valence-electron chi connectivity index (χ3n) is 4.45. The molecule has 0 aliphatic rings. The van der Waals surface area contributed by atoms with E-state index in [1.165, 1.54) is 83.1 Å². The second kappa shape index (κ2) is 13.8. The minimum atomic E-state index is -1.40. The number of hydrogen-bond donors (Lipinski definition) is 0. The Labute approximate surface area is 136 Å². The summed E-state index contributed by atoms with van der Waals surface area (Å²) in [5, 5.41) is 0. The van der Waals surface area contributed by atoms with Crippen LogP contribution in [0.5, 0.6) is 0 Å². The Bertz CT molecular complexity index is 216. The van der Waals surface area contributed by atoms with Gasteiger partial charge in [-0.2, -0.15) is 0 Å². The van der Waals surface area contributed by atoms with Gasteiger partial charge in [0.1, 0.15) is 0 Å². The normalized spacial score (nSPS) is 13.6. The van der Waals surface area contributed by atoms with Gasteiger partial charge in [0.2, 0.25) is 0 Å². The number of unbranched alkanes of at least 4 members (excludes halogenated alkanes) is 8. The van der Waals surface area contributed by atoms with E-state index in [1.807, 2.05) is 0 Å². The molecule has 0 aromatic rings. The molecule has 128 valence electrons. The van der Waals surface area contributed by atoms with Gasteiger partial charge in [0.15, 0.2) is 8.32 Å². The molecule has 0 rings (SSSR count). The second-order valence-corrected chi connectivity index (χ2v) is 11.5. The lowest BCUT2D eigenvalue weighted by Crippen LogP contribution is -2.35. The smallest absolute Gasteiger partial charge is 0.187 e. The predicted octanol–water partition coefficient (Wildman–Crippen LogP) is 7.32. The van der Waals surface area contributed by atoms with Crippen LogP contribution in [0.15, 0.2) is 0 Å². The summed E-state index contributed by atoms with van der Waals surface area (Å²) in [5.41, 5.74) is 0. The SMILES string of the molecule is CCCCCCCCCCC(CC)O[Si](C)(C)CCCC. The van der Waals surface area contributed by atoms with Gasteiger partial charge in [-0.3, -0.25) is 0 Å². The third-order valence-corrected chi connectivity index (χ3v) is 6.98. The van der Waals surface area contributed by atoms with Crippen LogP contribution in [-0.2, 0) is 4.43 Å². The molecular formula is C19H42OSi. The Morgan fingerprint density at radius 1 is 0.714 bits per heavy atom. The highest BCUT2D eigenvalue weighted by atomic mass is 28.4. The van der Waals surface area contributed by atoms with Crippen molar-refractivity contribution in [1.29, 1.82) is 0 Å². The third kappa shape index (κ3) is 13.6. The zero-order valence-corrected chi connectivity index (χ0v) is 16.7. The molecule has 1 atom stereocenters. The Hall–Kier alpha value is 0.177. The van der Waals surface area contributed by atoms with E-state index >= 15 is 0 Å². The molecule has 21 heavy (non-hydrogen) atoms. The van der Waals surface area contributed by atoms with E-state index in [2.05, 4.69) is 33.9 Å². The zero-order valence-electron chi connectivity index (χ0n) is 15.7. The van der Waals surface area contributed by atoms with Crippen LogP contribution < -0.4 is 0 Å². The van der Waals surface area contributed by atoms with E-state index < -0.39 is 8.32 Å². The van der Waals surface area contributed by atoms with Crippen LogP contribution in [0.25, 0.3) is 0 Å². The molecule has 0 radical (unpaired) electrons. The lowest BCUT2D eigenvalue weighted by atomic mass is 10.0. The molecule has 0 saturated carbocycles. The largest absolute Gasteiger partial charge is 0.414 e. The fraction of sp³-hybridized carbons (Fsp3) is 1.00. The molecule has 0 aromatic heterocycles. The van der Waals surface area contributed by atoms with E-state index in [0.29, 0.717) is 6.10 Å². The summed E-state index contributed by atoms with van der Waals surface area (Å²) in [6.45, 7) is 11.7. The lowest BCUT2D eigenvalue weighted by Gasteiger charge is -2.29. The summed E-state index contributed by atoms with van der Waals surface area (Å²) in [6.07, 6.45) is 16.9.